The summed E-state index contributed by atoms with van der Waals surface area (Å²) in [4.78, 5) is 44.6. The monoisotopic (exact) mass is 544 g/mol. The van der Waals surface area contributed by atoms with Gasteiger partial charge in [-0.05, 0) is 50.7 Å². The summed E-state index contributed by atoms with van der Waals surface area (Å²) < 4.78 is 12.3. The van der Waals surface area contributed by atoms with Gasteiger partial charge in [-0.15, -0.1) is 13.2 Å². The molecule has 0 aromatic heterocycles. The molecule has 3 unspecified atom stereocenters. The van der Waals surface area contributed by atoms with Crippen LogP contribution in [0, 0.1) is 17.8 Å². The molecule has 3 fully saturated rings. The Morgan fingerprint density at radius 3 is 2.68 bits per heavy atom. The van der Waals surface area contributed by atoms with Crippen molar-refractivity contribution < 1.29 is 29.0 Å². The molecule has 8 nitrogen and oxygen atoms in total. The number of carbonyl (C=O) groups excluding carboxylic acids is 3. The topological polar surface area (TPSA) is 96.4 Å². The second-order valence-corrected chi connectivity index (χ2v) is 11.0. The number of β-amino-alcohol motifs (C(OH)–C–C–N with tert-alkyl or cyclic N) is 1. The van der Waals surface area contributed by atoms with E-state index in [1.165, 1.54) is 9.80 Å². The maximum Gasteiger partial charge on any atom is 0.312 e. The lowest BCUT2D eigenvalue weighted by atomic mass is 9.62. The molecule has 1 spiro atoms. The van der Waals surface area contributed by atoms with Crippen LogP contribution >= 0.6 is 11.6 Å². The predicted octanol–water partition coefficient (Wildman–Crippen LogP) is 3.76. The molecule has 1 aromatic carbocycles. The number of fused-ring (bicyclic) bond motifs is 1. The number of amides is 2. The van der Waals surface area contributed by atoms with E-state index in [9.17, 15) is 19.5 Å². The smallest absolute Gasteiger partial charge is 0.312 e. The summed E-state index contributed by atoms with van der Waals surface area (Å²) in [5.74, 6) is -3.10. The number of para-hydroxylation sites is 1. The Kier molecular flexibility index (Phi) is 8.35. The van der Waals surface area contributed by atoms with E-state index in [1.807, 2.05) is 19.9 Å². The zero-order valence-corrected chi connectivity index (χ0v) is 22.9. The summed E-state index contributed by atoms with van der Waals surface area (Å²) in [5.41, 5.74) is -1.71. The van der Waals surface area contributed by atoms with Crippen LogP contribution in [0.2, 0.25) is 5.02 Å². The standard InChI is InChI=1S/C29H37ClN2O6/c1-5-7-8-11-17-37-27(36)23-22-25(34)32(15-16-33)24(29(22)18-19(3)28(23,4)38-29)26(35)31(14-6-2)21-13-10-9-12-20(21)30/h5-6,9-10,12-13,19,22-24,33H,1-2,7-8,11,14-18H2,3-4H3/t19?,22-,23-,24?,28+,29?/m0/s1. The SMILES string of the molecule is C=CCCCCOC(=O)[C@@H]1[C@H]2C(=O)N(CCO)C(C(=O)N(CC=C)c3ccccc3Cl)C23CC(C)[C@@]1(C)O3. The maximum absolute atomic E-state index is 14.3. The second-order valence-electron chi connectivity index (χ2n) is 10.6. The molecule has 6 atom stereocenters. The highest BCUT2D eigenvalue weighted by atomic mass is 35.5. The lowest BCUT2D eigenvalue weighted by Crippen LogP contribution is -2.57. The van der Waals surface area contributed by atoms with Crippen LogP contribution < -0.4 is 4.90 Å². The fourth-order valence-corrected chi connectivity index (χ4v) is 6.87. The van der Waals surface area contributed by atoms with Gasteiger partial charge in [0.15, 0.2) is 0 Å². The number of allylic oxidation sites excluding steroid dienone is 1. The van der Waals surface area contributed by atoms with Crippen LogP contribution in [0.15, 0.2) is 49.6 Å². The van der Waals surface area contributed by atoms with Crippen LogP contribution in [0.1, 0.15) is 39.5 Å². The number of unbranched alkanes of at least 4 members (excludes halogenated alkanes) is 2. The Labute approximate surface area is 229 Å². The molecule has 38 heavy (non-hydrogen) atoms. The number of nitrogens with zero attached hydrogens (tertiary/aromatic N) is 2. The van der Waals surface area contributed by atoms with Crippen molar-refractivity contribution in [1.82, 2.24) is 4.90 Å². The number of aliphatic hydroxyl groups excluding tert-OH is 1. The summed E-state index contributed by atoms with van der Waals surface area (Å²) in [7, 11) is 0. The van der Waals surface area contributed by atoms with Gasteiger partial charge in [-0.1, -0.05) is 42.8 Å². The minimum absolute atomic E-state index is 0.0598. The number of rotatable bonds is 12. The van der Waals surface area contributed by atoms with Crippen LogP contribution in [0.4, 0.5) is 5.69 Å². The van der Waals surface area contributed by atoms with E-state index >= 15 is 0 Å². The summed E-state index contributed by atoms with van der Waals surface area (Å²) in [6.07, 6.45) is 6.20. The maximum atomic E-state index is 14.3. The van der Waals surface area contributed by atoms with Crippen molar-refractivity contribution in [2.24, 2.45) is 17.8 Å². The normalized spacial score (nSPS) is 31.3. The van der Waals surface area contributed by atoms with E-state index in [-0.39, 0.29) is 38.1 Å². The third-order valence-electron chi connectivity index (χ3n) is 8.41. The molecule has 9 heteroatoms. The summed E-state index contributed by atoms with van der Waals surface area (Å²) in [6.45, 7) is 11.3. The Balaban J connectivity index is 1.72. The number of aliphatic hydroxyl groups is 1. The van der Waals surface area contributed by atoms with E-state index < -0.39 is 41.0 Å². The lowest BCUT2D eigenvalue weighted by Gasteiger charge is -2.37. The molecule has 3 aliphatic heterocycles. The molecular formula is C29H37ClN2O6. The zero-order valence-electron chi connectivity index (χ0n) is 22.1. The zero-order chi connectivity index (χ0) is 27.7. The van der Waals surface area contributed by atoms with Crippen molar-refractivity contribution in [2.75, 3.05) is 31.2 Å². The first-order valence-electron chi connectivity index (χ1n) is 13.2. The fourth-order valence-electron chi connectivity index (χ4n) is 6.63. The van der Waals surface area contributed by atoms with Gasteiger partial charge in [0, 0.05) is 13.1 Å². The molecule has 3 heterocycles. The molecule has 1 N–H and O–H groups in total. The number of ether oxygens (including phenoxy) is 2. The van der Waals surface area contributed by atoms with Crippen LogP contribution in [0.3, 0.4) is 0 Å². The van der Waals surface area contributed by atoms with Crippen molar-refractivity contribution in [2.45, 2.75) is 56.8 Å². The van der Waals surface area contributed by atoms with Crippen molar-refractivity contribution >= 4 is 35.1 Å². The average molecular weight is 545 g/mol. The quantitative estimate of drug-likeness (QED) is 0.244. The fraction of sp³-hybridized carbons (Fsp3) is 0.552. The van der Waals surface area contributed by atoms with Gasteiger partial charge in [0.1, 0.15) is 17.6 Å². The molecule has 0 saturated carbocycles. The van der Waals surface area contributed by atoms with Crippen LogP contribution in [-0.2, 0) is 23.9 Å². The predicted molar refractivity (Wildman–Crippen MR) is 145 cm³/mol. The first-order chi connectivity index (χ1) is 18.2. The third kappa shape index (κ3) is 4.46. The molecule has 3 saturated heterocycles. The van der Waals surface area contributed by atoms with Crippen molar-refractivity contribution in [3.05, 3.63) is 54.6 Å². The van der Waals surface area contributed by atoms with Gasteiger partial charge in [0.05, 0.1) is 35.4 Å². The van der Waals surface area contributed by atoms with Gasteiger partial charge in [0.25, 0.3) is 5.91 Å². The van der Waals surface area contributed by atoms with Crippen molar-refractivity contribution in [3.8, 4) is 0 Å². The minimum atomic E-state index is -1.23. The van der Waals surface area contributed by atoms with Gasteiger partial charge in [0.2, 0.25) is 5.91 Å². The van der Waals surface area contributed by atoms with E-state index in [0.717, 1.165) is 12.8 Å². The highest BCUT2D eigenvalue weighted by Gasteiger charge is 2.80. The molecule has 0 aliphatic carbocycles. The summed E-state index contributed by atoms with van der Waals surface area (Å²) in [6, 6.07) is 5.92. The van der Waals surface area contributed by atoms with Gasteiger partial charge in [-0.3, -0.25) is 14.4 Å². The Morgan fingerprint density at radius 2 is 2.03 bits per heavy atom. The number of benzene rings is 1. The molecule has 2 amide bonds. The Bertz CT molecular complexity index is 1110. The second kappa shape index (κ2) is 11.2. The highest BCUT2D eigenvalue weighted by molar-refractivity contribution is 6.34. The Hall–Kier alpha value is -2.68. The van der Waals surface area contributed by atoms with Crippen molar-refractivity contribution in [3.63, 3.8) is 0 Å². The van der Waals surface area contributed by atoms with Gasteiger partial charge < -0.3 is 24.4 Å². The molecule has 2 bridgehead atoms. The molecular weight excluding hydrogens is 508 g/mol. The highest BCUT2D eigenvalue weighted by Crippen LogP contribution is 2.65. The molecule has 0 radical (unpaired) electrons. The van der Waals surface area contributed by atoms with E-state index in [0.29, 0.717) is 23.6 Å². The number of halogens is 1. The largest absolute Gasteiger partial charge is 0.465 e. The number of hydrogen-bond donors (Lipinski definition) is 1. The molecule has 206 valence electrons. The van der Waals surface area contributed by atoms with Gasteiger partial charge >= 0.3 is 5.97 Å². The first-order valence-corrected chi connectivity index (χ1v) is 13.6. The summed E-state index contributed by atoms with van der Waals surface area (Å²) >= 11 is 6.46. The number of anilines is 1. The first kappa shape index (κ1) is 28.3. The average Bonchev–Trinajstić information content (AvgIpc) is 3.39. The lowest BCUT2D eigenvalue weighted by molar-refractivity contribution is -0.161. The molecule has 3 aliphatic rings. The molecule has 4 rings (SSSR count). The third-order valence-corrected chi connectivity index (χ3v) is 8.73. The van der Waals surface area contributed by atoms with Crippen molar-refractivity contribution in [1.29, 1.82) is 0 Å². The van der Waals surface area contributed by atoms with Crippen LogP contribution in [0.5, 0.6) is 0 Å². The van der Waals surface area contributed by atoms with Crippen LogP contribution in [0.25, 0.3) is 0 Å². The number of hydrogen-bond acceptors (Lipinski definition) is 6. The van der Waals surface area contributed by atoms with Gasteiger partial charge in [-0.2, -0.15) is 0 Å². The van der Waals surface area contributed by atoms with E-state index in [4.69, 9.17) is 21.1 Å². The minimum Gasteiger partial charge on any atom is -0.465 e. The number of carbonyl (C=O) groups is 3. The number of likely N-dealkylation sites (tertiary alicyclic amines) is 1. The van der Waals surface area contributed by atoms with E-state index in [2.05, 4.69) is 13.2 Å². The summed E-state index contributed by atoms with van der Waals surface area (Å²) in [5, 5.41) is 10.2. The number of esters is 1. The van der Waals surface area contributed by atoms with E-state index in [1.54, 1.807) is 30.3 Å². The van der Waals surface area contributed by atoms with Gasteiger partial charge in [-0.25, -0.2) is 0 Å². The Morgan fingerprint density at radius 1 is 1.29 bits per heavy atom. The van der Waals surface area contributed by atoms with Crippen LogP contribution in [-0.4, -0.2) is 71.3 Å². The molecule has 1 aromatic rings.